The molecule has 0 spiro atoms. The third kappa shape index (κ3) is 3.62. The van der Waals surface area contributed by atoms with Crippen LogP contribution < -0.4 is 10.1 Å². The van der Waals surface area contributed by atoms with Crippen LogP contribution in [0.4, 0.5) is 0 Å². The van der Waals surface area contributed by atoms with Crippen LogP contribution in [0.3, 0.4) is 0 Å². The zero-order chi connectivity index (χ0) is 15.4. The van der Waals surface area contributed by atoms with E-state index in [1.165, 1.54) is 0 Å². The van der Waals surface area contributed by atoms with Crippen LogP contribution in [0.2, 0.25) is 0 Å². The average molecular weight is 287 g/mol. The molecule has 0 saturated carbocycles. The molecule has 1 heterocycles. The average Bonchev–Trinajstić information content (AvgIpc) is 2.76. The van der Waals surface area contributed by atoms with E-state index in [0.29, 0.717) is 0 Å². The first kappa shape index (κ1) is 15.1. The number of carbonyl (C=O) groups excluding carboxylic acids is 1. The number of hydrogen-bond donors (Lipinski definition) is 1. The monoisotopic (exact) mass is 287 g/mol. The van der Waals surface area contributed by atoms with Crippen LogP contribution in [0.1, 0.15) is 29.9 Å². The Kier molecular flexibility index (Phi) is 4.62. The van der Waals surface area contributed by atoms with E-state index in [4.69, 9.17) is 4.74 Å². The van der Waals surface area contributed by atoms with Crippen LogP contribution in [0, 0.1) is 13.8 Å². The number of rotatable bonds is 5. The number of para-hydroxylation sites is 1. The van der Waals surface area contributed by atoms with Crippen molar-refractivity contribution in [3.63, 3.8) is 0 Å². The number of nitrogens with one attached hydrogen (secondary N) is 1. The first-order valence-electron chi connectivity index (χ1n) is 6.94. The quantitative estimate of drug-likeness (QED) is 0.918. The summed E-state index contributed by atoms with van der Waals surface area (Å²) < 4.78 is 7.03. The fourth-order valence-electron chi connectivity index (χ4n) is 2.36. The number of methoxy groups -OCH3 is 1. The number of benzene rings is 1. The standard InChI is InChI=1S/C16H21N3O2/c1-11-9-12(2)19(18-11)10-16(20)17-13(3)14-7-5-6-8-15(14)21-4/h5-9,13H,10H2,1-4H3,(H,17,20). The van der Waals surface area contributed by atoms with Crippen molar-refractivity contribution in [2.24, 2.45) is 0 Å². The normalized spacial score (nSPS) is 12.0. The Balaban J connectivity index is 2.04. The maximum atomic E-state index is 12.1. The molecule has 0 aliphatic rings. The minimum Gasteiger partial charge on any atom is -0.496 e. The lowest BCUT2D eigenvalue weighted by Crippen LogP contribution is -2.31. The molecular formula is C16H21N3O2. The van der Waals surface area contributed by atoms with E-state index in [2.05, 4.69) is 10.4 Å². The second kappa shape index (κ2) is 6.43. The molecule has 0 aliphatic carbocycles. The van der Waals surface area contributed by atoms with E-state index >= 15 is 0 Å². The molecule has 0 fully saturated rings. The van der Waals surface area contributed by atoms with E-state index in [-0.39, 0.29) is 18.5 Å². The van der Waals surface area contributed by atoms with Crippen LogP contribution in [-0.2, 0) is 11.3 Å². The second-order valence-corrected chi connectivity index (χ2v) is 5.12. The topological polar surface area (TPSA) is 56.1 Å². The van der Waals surface area contributed by atoms with Crippen molar-refractivity contribution in [3.05, 3.63) is 47.3 Å². The van der Waals surface area contributed by atoms with E-state index in [1.807, 2.05) is 51.1 Å². The first-order valence-corrected chi connectivity index (χ1v) is 6.94. The summed E-state index contributed by atoms with van der Waals surface area (Å²) in [5, 5.41) is 7.27. The highest BCUT2D eigenvalue weighted by molar-refractivity contribution is 5.76. The molecule has 1 amide bonds. The summed E-state index contributed by atoms with van der Waals surface area (Å²) in [7, 11) is 1.63. The van der Waals surface area contributed by atoms with Gasteiger partial charge in [-0.3, -0.25) is 9.48 Å². The molecule has 1 N–H and O–H groups in total. The minimum absolute atomic E-state index is 0.0698. The smallest absolute Gasteiger partial charge is 0.242 e. The minimum atomic E-state index is -0.120. The van der Waals surface area contributed by atoms with Crippen molar-refractivity contribution in [2.75, 3.05) is 7.11 Å². The molecule has 1 aromatic heterocycles. The summed E-state index contributed by atoms with van der Waals surface area (Å²) in [4.78, 5) is 12.1. The highest BCUT2D eigenvalue weighted by Crippen LogP contribution is 2.24. The first-order chi connectivity index (χ1) is 10.0. The molecule has 21 heavy (non-hydrogen) atoms. The van der Waals surface area contributed by atoms with Gasteiger partial charge in [0.1, 0.15) is 12.3 Å². The van der Waals surface area contributed by atoms with Crippen LogP contribution in [0.5, 0.6) is 5.75 Å². The highest BCUT2D eigenvalue weighted by atomic mass is 16.5. The maximum absolute atomic E-state index is 12.1. The predicted molar refractivity (Wildman–Crippen MR) is 81.3 cm³/mol. The number of ether oxygens (including phenoxy) is 1. The summed E-state index contributed by atoms with van der Waals surface area (Å²) in [6, 6.07) is 9.52. The Morgan fingerprint density at radius 2 is 2.10 bits per heavy atom. The van der Waals surface area contributed by atoms with Gasteiger partial charge in [-0.15, -0.1) is 0 Å². The largest absolute Gasteiger partial charge is 0.496 e. The van der Waals surface area contributed by atoms with E-state index in [1.54, 1.807) is 11.8 Å². The SMILES string of the molecule is COc1ccccc1C(C)NC(=O)Cn1nc(C)cc1C. The van der Waals surface area contributed by atoms with Gasteiger partial charge in [-0.05, 0) is 32.9 Å². The molecule has 5 nitrogen and oxygen atoms in total. The third-order valence-corrected chi connectivity index (χ3v) is 3.38. The van der Waals surface area contributed by atoms with Crippen molar-refractivity contribution in [1.82, 2.24) is 15.1 Å². The molecule has 2 aromatic rings. The van der Waals surface area contributed by atoms with E-state index in [9.17, 15) is 4.79 Å². The molecular weight excluding hydrogens is 266 g/mol. The number of amides is 1. The Hall–Kier alpha value is -2.30. The molecule has 1 unspecified atom stereocenters. The summed E-state index contributed by atoms with van der Waals surface area (Å²) in [6.45, 7) is 6.02. The Morgan fingerprint density at radius 3 is 2.71 bits per heavy atom. The molecule has 0 bridgehead atoms. The summed E-state index contributed by atoms with van der Waals surface area (Å²) in [5.74, 6) is 0.705. The van der Waals surface area contributed by atoms with E-state index < -0.39 is 0 Å². The second-order valence-electron chi connectivity index (χ2n) is 5.12. The van der Waals surface area contributed by atoms with Gasteiger partial charge in [0.15, 0.2) is 0 Å². The molecule has 1 atom stereocenters. The fraction of sp³-hybridized carbons (Fsp3) is 0.375. The maximum Gasteiger partial charge on any atom is 0.242 e. The Morgan fingerprint density at radius 1 is 1.38 bits per heavy atom. The lowest BCUT2D eigenvalue weighted by molar-refractivity contribution is -0.122. The van der Waals surface area contributed by atoms with Crippen molar-refractivity contribution in [2.45, 2.75) is 33.4 Å². The molecule has 0 aliphatic heterocycles. The number of aryl methyl sites for hydroxylation is 2. The van der Waals surface area contributed by atoms with Crippen LogP contribution in [0.15, 0.2) is 30.3 Å². The van der Waals surface area contributed by atoms with Gasteiger partial charge in [0.25, 0.3) is 0 Å². The van der Waals surface area contributed by atoms with Crippen LogP contribution >= 0.6 is 0 Å². The van der Waals surface area contributed by atoms with Gasteiger partial charge in [0.2, 0.25) is 5.91 Å². The molecule has 112 valence electrons. The van der Waals surface area contributed by atoms with Crippen molar-refractivity contribution < 1.29 is 9.53 Å². The zero-order valence-corrected chi connectivity index (χ0v) is 12.9. The molecule has 0 saturated heterocycles. The summed E-state index contributed by atoms with van der Waals surface area (Å²) in [6.07, 6.45) is 0. The summed E-state index contributed by atoms with van der Waals surface area (Å²) >= 11 is 0. The highest BCUT2D eigenvalue weighted by Gasteiger charge is 2.14. The third-order valence-electron chi connectivity index (χ3n) is 3.38. The Labute approximate surface area is 124 Å². The number of carbonyl (C=O) groups is 1. The van der Waals surface area contributed by atoms with Crippen molar-refractivity contribution >= 4 is 5.91 Å². The van der Waals surface area contributed by atoms with Gasteiger partial charge >= 0.3 is 0 Å². The van der Waals surface area contributed by atoms with Gasteiger partial charge in [-0.1, -0.05) is 18.2 Å². The van der Waals surface area contributed by atoms with Crippen LogP contribution in [0.25, 0.3) is 0 Å². The number of aromatic nitrogens is 2. The van der Waals surface area contributed by atoms with Gasteiger partial charge in [-0.2, -0.15) is 5.10 Å². The molecule has 2 rings (SSSR count). The van der Waals surface area contributed by atoms with Gasteiger partial charge in [0, 0.05) is 11.3 Å². The summed E-state index contributed by atoms with van der Waals surface area (Å²) in [5.41, 5.74) is 2.85. The number of nitrogens with zero attached hydrogens (tertiary/aromatic N) is 2. The van der Waals surface area contributed by atoms with Gasteiger partial charge < -0.3 is 10.1 Å². The van der Waals surface area contributed by atoms with Crippen LogP contribution in [-0.4, -0.2) is 22.8 Å². The fourth-order valence-corrected chi connectivity index (χ4v) is 2.36. The van der Waals surface area contributed by atoms with Crippen molar-refractivity contribution in [1.29, 1.82) is 0 Å². The Bertz CT molecular complexity index is 634. The number of hydrogen-bond acceptors (Lipinski definition) is 3. The van der Waals surface area contributed by atoms with Crippen molar-refractivity contribution in [3.8, 4) is 5.75 Å². The predicted octanol–water partition coefficient (Wildman–Crippen LogP) is 2.39. The van der Waals surface area contributed by atoms with E-state index in [0.717, 1.165) is 22.7 Å². The molecule has 5 heteroatoms. The lowest BCUT2D eigenvalue weighted by Gasteiger charge is -2.17. The lowest BCUT2D eigenvalue weighted by atomic mass is 10.1. The van der Waals surface area contributed by atoms with Gasteiger partial charge in [-0.25, -0.2) is 0 Å². The van der Waals surface area contributed by atoms with Gasteiger partial charge in [0.05, 0.1) is 18.8 Å². The molecule has 1 aromatic carbocycles. The zero-order valence-electron chi connectivity index (χ0n) is 12.9. The molecule has 0 radical (unpaired) electrons.